The van der Waals surface area contributed by atoms with E-state index in [0.29, 0.717) is 16.0 Å². The average molecular weight is 288 g/mol. The van der Waals surface area contributed by atoms with Crippen LogP contribution in [-0.2, 0) is 0 Å². The number of anilines is 1. The summed E-state index contributed by atoms with van der Waals surface area (Å²) >= 11 is 8.94. The fraction of sp³-hybridized carbons (Fsp3) is 0.333. The van der Waals surface area contributed by atoms with Crippen molar-refractivity contribution in [3.05, 3.63) is 16.2 Å². The van der Waals surface area contributed by atoms with Crippen LogP contribution in [0.15, 0.2) is 15.6 Å². The molecule has 0 aliphatic carbocycles. The van der Waals surface area contributed by atoms with Crippen molar-refractivity contribution in [1.82, 2.24) is 20.2 Å². The summed E-state index contributed by atoms with van der Waals surface area (Å²) in [5.41, 5.74) is 0. The van der Waals surface area contributed by atoms with Crippen molar-refractivity contribution in [2.24, 2.45) is 0 Å². The molecule has 2 rings (SSSR count). The first-order chi connectivity index (χ1) is 8.19. The Bertz CT molecular complexity index is 516. The number of nitrogens with zero attached hydrogens (tertiary/aromatic N) is 4. The second-order valence-corrected chi connectivity index (χ2v) is 5.89. The Morgan fingerprint density at radius 3 is 2.94 bits per heavy atom. The minimum Gasteiger partial charge on any atom is -0.354 e. The molecule has 0 bridgehead atoms. The number of aryl methyl sites for hydroxylation is 1. The molecule has 0 aliphatic heterocycles. The number of aromatic nitrogens is 4. The minimum atomic E-state index is 0.518. The third-order valence-electron chi connectivity index (χ3n) is 1.74. The Morgan fingerprint density at radius 1 is 1.47 bits per heavy atom. The average Bonchev–Trinajstić information content (AvgIpc) is 2.69. The fourth-order valence-electron chi connectivity index (χ4n) is 1.07. The van der Waals surface area contributed by atoms with E-state index in [1.54, 1.807) is 6.20 Å². The maximum atomic E-state index is 6.04. The molecule has 0 unspecified atom stereocenters. The van der Waals surface area contributed by atoms with E-state index in [-0.39, 0.29) is 0 Å². The topological polar surface area (TPSA) is 63.6 Å². The molecular weight excluding hydrogens is 278 g/mol. The summed E-state index contributed by atoms with van der Waals surface area (Å²) in [6.45, 7) is 4.66. The summed E-state index contributed by atoms with van der Waals surface area (Å²) in [4.78, 5) is 8.39. The van der Waals surface area contributed by atoms with Gasteiger partial charge in [-0.1, -0.05) is 22.9 Å². The monoisotopic (exact) mass is 287 g/mol. The number of hydrogen-bond donors (Lipinski definition) is 1. The van der Waals surface area contributed by atoms with Crippen molar-refractivity contribution in [1.29, 1.82) is 0 Å². The van der Waals surface area contributed by atoms with E-state index in [1.807, 2.05) is 13.8 Å². The van der Waals surface area contributed by atoms with Gasteiger partial charge in [0.2, 0.25) is 5.95 Å². The van der Waals surface area contributed by atoms with Gasteiger partial charge in [-0.2, -0.15) is 0 Å². The minimum absolute atomic E-state index is 0.518. The lowest BCUT2D eigenvalue weighted by atomic mass is 10.6. The first kappa shape index (κ1) is 12.5. The molecule has 0 atom stereocenters. The van der Waals surface area contributed by atoms with E-state index >= 15 is 0 Å². The van der Waals surface area contributed by atoms with E-state index in [9.17, 15) is 0 Å². The van der Waals surface area contributed by atoms with Crippen LogP contribution < -0.4 is 5.32 Å². The molecule has 0 radical (unpaired) electrons. The third-order valence-corrected chi connectivity index (χ3v) is 4.02. The molecule has 0 amide bonds. The molecule has 1 N–H and O–H groups in total. The van der Waals surface area contributed by atoms with Crippen LogP contribution in [0, 0.1) is 6.92 Å². The van der Waals surface area contributed by atoms with Gasteiger partial charge in [0.25, 0.3) is 0 Å². The summed E-state index contributed by atoms with van der Waals surface area (Å²) in [5.74, 6) is 0.570. The van der Waals surface area contributed by atoms with Gasteiger partial charge in [0.15, 0.2) is 4.34 Å². The van der Waals surface area contributed by atoms with Crippen LogP contribution in [0.2, 0.25) is 5.02 Å². The summed E-state index contributed by atoms with van der Waals surface area (Å²) in [7, 11) is 0. The van der Waals surface area contributed by atoms with Gasteiger partial charge in [0.05, 0.1) is 11.2 Å². The van der Waals surface area contributed by atoms with Crippen LogP contribution in [0.3, 0.4) is 0 Å². The van der Waals surface area contributed by atoms with Gasteiger partial charge in [0, 0.05) is 6.54 Å². The highest BCUT2D eigenvalue weighted by Crippen LogP contribution is 2.33. The third kappa shape index (κ3) is 3.27. The SMILES string of the molecule is CCNc1ncc(Cl)c(Sc2nnc(C)s2)n1. The van der Waals surface area contributed by atoms with Crippen LogP contribution in [0.25, 0.3) is 0 Å². The molecule has 8 heteroatoms. The zero-order chi connectivity index (χ0) is 12.3. The van der Waals surface area contributed by atoms with Gasteiger partial charge in [-0.15, -0.1) is 10.2 Å². The summed E-state index contributed by atoms with van der Waals surface area (Å²) in [5, 5.41) is 13.1. The van der Waals surface area contributed by atoms with Gasteiger partial charge >= 0.3 is 0 Å². The fourth-order valence-corrected chi connectivity index (χ4v) is 2.99. The number of halogens is 1. The lowest BCUT2D eigenvalue weighted by Gasteiger charge is -2.04. The predicted octanol–water partition coefficient (Wildman–Crippen LogP) is 2.87. The Hall–Kier alpha value is -0.920. The highest BCUT2D eigenvalue weighted by molar-refractivity contribution is 8.01. The van der Waals surface area contributed by atoms with Crippen molar-refractivity contribution in [2.45, 2.75) is 23.2 Å². The molecule has 90 valence electrons. The zero-order valence-electron chi connectivity index (χ0n) is 9.27. The van der Waals surface area contributed by atoms with E-state index in [2.05, 4.69) is 25.5 Å². The first-order valence-electron chi connectivity index (χ1n) is 4.93. The Balaban J connectivity index is 2.22. The highest BCUT2D eigenvalue weighted by atomic mass is 35.5. The number of rotatable bonds is 4. The molecule has 0 aromatic carbocycles. The normalized spacial score (nSPS) is 10.5. The molecule has 5 nitrogen and oxygen atoms in total. The first-order valence-corrected chi connectivity index (χ1v) is 6.94. The predicted molar refractivity (Wildman–Crippen MR) is 70.0 cm³/mol. The van der Waals surface area contributed by atoms with Gasteiger partial charge in [-0.25, -0.2) is 9.97 Å². The van der Waals surface area contributed by atoms with Crippen LogP contribution >= 0.6 is 34.7 Å². The van der Waals surface area contributed by atoms with Gasteiger partial charge in [-0.3, -0.25) is 0 Å². The lowest BCUT2D eigenvalue weighted by molar-refractivity contribution is 0.975. The molecule has 17 heavy (non-hydrogen) atoms. The molecule has 0 saturated carbocycles. The quantitative estimate of drug-likeness (QED) is 0.873. The van der Waals surface area contributed by atoms with Crippen molar-refractivity contribution in [3.63, 3.8) is 0 Å². The van der Waals surface area contributed by atoms with Gasteiger partial charge in [0.1, 0.15) is 10.0 Å². The second-order valence-electron chi connectivity index (χ2n) is 3.07. The molecular formula is C9H10ClN5S2. The van der Waals surface area contributed by atoms with Crippen LogP contribution in [0.5, 0.6) is 0 Å². The molecule has 2 heterocycles. The Morgan fingerprint density at radius 2 is 2.29 bits per heavy atom. The zero-order valence-corrected chi connectivity index (χ0v) is 11.7. The molecule has 0 spiro atoms. The standard InChI is InChI=1S/C9H10ClN5S2/c1-3-11-8-12-4-6(10)7(13-8)17-9-15-14-5(2)16-9/h4H,3H2,1-2H3,(H,11,12,13). The number of nitrogens with one attached hydrogen (secondary N) is 1. The van der Waals surface area contributed by atoms with E-state index in [0.717, 1.165) is 15.9 Å². The molecule has 0 aliphatic rings. The van der Waals surface area contributed by atoms with Gasteiger partial charge in [-0.05, 0) is 25.6 Å². The lowest BCUT2D eigenvalue weighted by Crippen LogP contribution is -2.02. The van der Waals surface area contributed by atoms with Crippen LogP contribution in [0.4, 0.5) is 5.95 Å². The Kier molecular flexibility index (Phi) is 4.14. The summed E-state index contributed by atoms with van der Waals surface area (Å²) in [6, 6.07) is 0. The smallest absolute Gasteiger partial charge is 0.223 e. The van der Waals surface area contributed by atoms with Crippen molar-refractivity contribution in [3.8, 4) is 0 Å². The van der Waals surface area contributed by atoms with Crippen LogP contribution in [0.1, 0.15) is 11.9 Å². The number of hydrogen-bond acceptors (Lipinski definition) is 7. The molecule has 2 aromatic heterocycles. The maximum Gasteiger partial charge on any atom is 0.223 e. The van der Waals surface area contributed by atoms with Crippen molar-refractivity contribution in [2.75, 3.05) is 11.9 Å². The second kappa shape index (κ2) is 5.61. The van der Waals surface area contributed by atoms with Crippen molar-refractivity contribution < 1.29 is 0 Å². The van der Waals surface area contributed by atoms with Crippen molar-refractivity contribution >= 4 is 40.6 Å². The maximum absolute atomic E-state index is 6.04. The van der Waals surface area contributed by atoms with Crippen LogP contribution in [-0.4, -0.2) is 26.7 Å². The largest absolute Gasteiger partial charge is 0.354 e. The molecule has 2 aromatic rings. The van der Waals surface area contributed by atoms with E-state index in [4.69, 9.17) is 11.6 Å². The van der Waals surface area contributed by atoms with E-state index < -0.39 is 0 Å². The van der Waals surface area contributed by atoms with Gasteiger partial charge < -0.3 is 5.32 Å². The molecule has 0 saturated heterocycles. The summed E-state index contributed by atoms with van der Waals surface area (Å²) < 4.78 is 0.825. The Labute approximate surface area is 112 Å². The molecule has 0 fully saturated rings. The highest BCUT2D eigenvalue weighted by Gasteiger charge is 2.10. The summed E-state index contributed by atoms with van der Waals surface area (Å²) in [6.07, 6.45) is 1.59. The van der Waals surface area contributed by atoms with E-state index in [1.165, 1.54) is 23.1 Å².